The van der Waals surface area contributed by atoms with Crippen molar-refractivity contribution in [2.24, 2.45) is 5.84 Å². The van der Waals surface area contributed by atoms with Gasteiger partial charge in [-0.1, -0.05) is 31.4 Å². The fourth-order valence-electron chi connectivity index (χ4n) is 2.78. The molecule has 4 heteroatoms. The van der Waals surface area contributed by atoms with Crippen LogP contribution in [0.15, 0.2) is 24.3 Å². The Hall–Kier alpha value is -1.39. The van der Waals surface area contributed by atoms with E-state index >= 15 is 0 Å². The van der Waals surface area contributed by atoms with Gasteiger partial charge in [-0.3, -0.25) is 15.1 Å². The molecular weight excluding hydrogens is 238 g/mol. The van der Waals surface area contributed by atoms with Gasteiger partial charge < -0.3 is 0 Å². The molecule has 0 atom stereocenters. The Balaban J connectivity index is 1.93. The molecule has 1 fully saturated rings. The summed E-state index contributed by atoms with van der Waals surface area (Å²) in [4.78, 5) is 13.8. The van der Waals surface area contributed by atoms with E-state index in [1.807, 2.05) is 24.3 Å². The van der Waals surface area contributed by atoms with Crippen molar-refractivity contribution in [3.05, 3.63) is 35.4 Å². The van der Waals surface area contributed by atoms with E-state index in [0.29, 0.717) is 11.6 Å². The number of hydrogen-bond acceptors (Lipinski definition) is 3. The average Bonchev–Trinajstić information content (AvgIpc) is 2.48. The maximum Gasteiger partial charge on any atom is 0.265 e. The van der Waals surface area contributed by atoms with Crippen molar-refractivity contribution in [1.82, 2.24) is 10.3 Å². The lowest BCUT2D eigenvalue weighted by molar-refractivity contribution is 0.0953. The molecule has 1 saturated carbocycles. The molecule has 0 heterocycles. The SMILES string of the molecule is CN(Cc1ccc(C(=O)NN)cc1)C1CCCCC1. The van der Waals surface area contributed by atoms with Crippen LogP contribution in [0.4, 0.5) is 0 Å². The second-order valence-corrected chi connectivity index (χ2v) is 5.38. The Kier molecular flexibility index (Phi) is 4.93. The zero-order valence-electron chi connectivity index (χ0n) is 11.6. The second-order valence-electron chi connectivity index (χ2n) is 5.38. The maximum absolute atomic E-state index is 11.3. The molecule has 0 aliphatic heterocycles. The molecule has 1 aliphatic rings. The maximum atomic E-state index is 11.3. The molecule has 0 unspecified atom stereocenters. The van der Waals surface area contributed by atoms with Crippen LogP contribution >= 0.6 is 0 Å². The zero-order chi connectivity index (χ0) is 13.7. The van der Waals surface area contributed by atoms with Gasteiger partial charge >= 0.3 is 0 Å². The summed E-state index contributed by atoms with van der Waals surface area (Å²) in [5.74, 6) is 4.87. The summed E-state index contributed by atoms with van der Waals surface area (Å²) in [7, 11) is 2.19. The van der Waals surface area contributed by atoms with Crippen molar-refractivity contribution < 1.29 is 4.79 Å². The minimum Gasteiger partial charge on any atom is -0.299 e. The molecule has 1 aromatic rings. The number of nitrogens with two attached hydrogens (primary N) is 1. The molecular formula is C15H23N3O. The lowest BCUT2D eigenvalue weighted by Gasteiger charge is -2.31. The fourth-order valence-corrected chi connectivity index (χ4v) is 2.78. The first-order valence-electron chi connectivity index (χ1n) is 7.01. The predicted octanol–water partition coefficient (Wildman–Crippen LogP) is 2.05. The summed E-state index contributed by atoms with van der Waals surface area (Å²) in [5, 5.41) is 0. The highest BCUT2D eigenvalue weighted by molar-refractivity contribution is 5.93. The summed E-state index contributed by atoms with van der Waals surface area (Å²) in [5.41, 5.74) is 3.98. The van der Waals surface area contributed by atoms with Gasteiger partial charge in [0, 0.05) is 18.2 Å². The summed E-state index contributed by atoms with van der Waals surface area (Å²) in [6, 6.07) is 8.37. The minimum atomic E-state index is -0.243. The predicted molar refractivity (Wildman–Crippen MR) is 76.4 cm³/mol. The number of benzene rings is 1. The Morgan fingerprint density at radius 3 is 2.47 bits per heavy atom. The number of nitrogens with zero attached hydrogens (tertiary/aromatic N) is 1. The molecule has 0 radical (unpaired) electrons. The quantitative estimate of drug-likeness (QED) is 0.495. The molecule has 0 spiro atoms. The largest absolute Gasteiger partial charge is 0.299 e. The van der Waals surface area contributed by atoms with E-state index in [0.717, 1.165) is 6.54 Å². The summed E-state index contributed by atoms with van der Waals surface area (Å²) < 4.78 is 0. The number of nitrogen functional groups attached to an aromatic ring is 1. The number of nitrogens with one attached hydrogen (secondary N) is 1. The van der Waals surface area contributed by atoms with Gasteiger partial charge in [-0.15, -0.1) is 0 Å². The Bertz CT molecular complexity index is 410. The Labute approximate surface area is 114 Å². The number of amides is 1. The minimum absolute atomic E-state index is 0.243. The average molecular weight is 261 g/mol. The smallest absolute Gasteiger partial charge is 0.265 e. The van der Waals surface area contributed by atoms with Crippen molar-refractivity contribution >= 4 is 5.91 Å². The van der Waals surface area contributed by atoms with Crippen molar-refractivity contribution in [2.45, 2.75) is 44.7 Å². The molecule has 0 aromatic heterocycles. The van der Waals surface area contributed by atoms with E-state index in [2.05, 4.69) is 17.4 Å². The highest BCUT2D eigenvalue weighted by atomic mass is 16.2. The van der Waals surface area contributed by atoms with Gasteiger partial charge in [0.05, 0.1) is 0 Å². The highest BCUT2D eigenvalue weighted by Gasteiger charge is 2.17. The number of carbonyl (C=O) groups excluding carboxylic acids is 1. The van der Waals surface area contributed by atoms with E-state index in [1.54, 1.807) is 0 Å². The van der Waals surface area contributed by atoms with Crippen molar-refractivity contribution in [2.75, 3.05) is 7.05 Å². The van der Waals surface area contributed by atoms with Crippen LogP contribution in [0.25, 0.3) is 0 Å². The van der Waals surface area contributed by atoms with Gasteiger partial charge in [0.2, 0.25) is 0 Å². The highest BCUT2D eigenvalue weighted by Crippen LogP contribution is 2.22. The Morgan fingerprint density at radius 1 is 1.26 bits per heavy atom. The Morgan fingerprint density at radius 2 is 1.89 bits per heavy atom. The first-order valence-corrected chi connectivity index (χ1v) is 7.01. The fraction of sp³-hybridized carbons (Fsp3) is 0.533. The van der Waals surface area contributed by atoms with Crippen LogP contribution in [-0.2, 0) is 6.54 Å². The number of rotatable bonds is 4. The van der Waals surface area contributed by atoms with E-state index in [1.165, 1.54) is 37.7 Å². The molecule has 0 bridgehead atoms. The molecule has 1 amide bonds. The van der Waals surface area contributed by atoms with Crippen LogP contribution in [0.2, 0.25) is 0 Å². The topological polar surface area (TPSA) is 58.4 Å². The zero-order valence-corrected chi connectivity index (χ0v) is 11.6. The van der Waals surface area contributed by atoms with Crippen LogP contribution in [0.3, 0.4) is 0 Å². The number of hydrazine groups is 1. The van der Waals surface area contributed by atoms with Crippen molar-refractivity contribution in [3.63, 3.8) is 0 Å². The molecule has 3 N–H and O–H groups in total. The third kappa shape index (κ3) is 3.78. The van der Waals surface area contributed by atoms with E-state index in [-0.39, 0.29) is 5.91 Å². The van der Waals surface area contributed by atoms with Gasteiger partial charge in [-0.05, 0) is 37.6 Å². The summed E-state index contributed by atoms with van der Waals surface area (Å²) in [6.45, 7) is 0.940. The third-order valence-corrected chi connectivity index (χ3v) is 3.98. The molecule has 1 aliphatic carbocycles. The molecule has 104 valence electrons. The van der Waals surface area contributed by atoms with Gasteiger partial charge in [-0.25, -0.2) is 5.84 Å². The van der Waals surface area contributed by atoms with Gasteiger partial charge in [-0.2, -0.15) is 0 Å². The summed E-state index contributed by atoms with van der Waals surface area (Å²) >= 11 is 0. The molecule has 1 aromatic carbocycles. The van der Waals surface area contributed by atoms with Crippen molar-refractivity contribution in [1.29, 1.82) is 0 Å². The first-order chi connectivity index (χ1) is 9.20. The van der Waals surface area contributed by atoms with Gasteiger partial charge in [0.15, 0.2) is 0 Å². The van der Waals surface area contributed by atoms with E-state index < -0.39 is 0 Å². The van der Waals surface area contributed by atoms with Crippen molar-refractivity contribution in [3.8, 4) is 0 Å². The van der Waals surface area contributed by atoms with Crippen LogP contribution in [0, 0.1) is 0 Å². The monoisotopic (exact) mass is 261 g/mol. The summed E-state index contributed by atoms with van der Waals surface area (Å²) in [6.07, 6.45) is 6.71. The lowest BCUT2D eigenvalue weighted by Crippen LogP contribution is -2.33. The van der Waals surface area contributed by atoms with E-state index in [9.17, 15) is 4.79 Å². The van der Waals surface area contributed by atoms with E-state index in [4.69, 9.17) is 5.84 Å². The van der Waals surface area contributed by atoms with Crippen LogP contribution in [0.1, 0.15) is 48.0 Å². The lowest BCUT2D eigenvalue weighted by atomic mass is 9.94. The molecule has 0 saturated heterocycles. The third-order valence-electron chi connectivity index (χ3n) is 3.98. The van der Waals surface area contributed by atoms with Gasteiger partial charge in [0.1, 0.15) is 0 Å². The van der Waals surface area contributed by atoms with Crippen LogP contribution in [0.5, 0.6) is 0 Å². The molecule has 2 rings (SSSR count). The van der Waals surface area contributed by atoms with Crippen LogP contribution in [-0.4, -0.2) is 23.9 Å². The second kappa shape index (κ2) is 6.68. The normalized spacial score (nSPS) is 16.6. The number of carbonyl (C=O) groups is 1. The van der Waals surface area contributed by atoms with Gasteiger partial charge in [0.25, 0.3) is 5.91 Å². The van der Waals surface area contributed by atoms with Crippen LogP contribution < -0.4 is 11.3 Å². The molecule has 19 heavy (non-hydrogen) atoms. The number of hydrogen-bond donors (Lipinski definition) is 2. The molecule has 4 nitrogen and oxygen atoms in total. The first kappa shape index (κ1) is 14.0. The standard InChI is InChI=1S/C15H23N3O/c1-18(14-5-3-2-4-6-14)11-12-7-9-13(10-8-12)15(19)17-16/h7-10,14H,2-6,11,16H2,1H3,(H,17,19).